The highest BCUT2D eigenvalue weighted by Crippen LogP contribution is 2.41. The molecule has 0 aromatic heterocycles. The Kier molecular flexibility index (Phi) is 7.50. The Morgan fingerprint density at radius 2 is 1.21 bits per heavy atom. The van der Waals surface area contributed by atoms with Gasteiger partial charge in [-0.15, -0.1) is 5.06 Å². The van der Waals surface area contributed by atoms with Crippen molar-refractivity contribution >= 4 is 5.97 Å². The standard InChI is InChI=1S/C24H46N2O3/c1-10-11-14-19(28-25-21(2,3)15-12-16-22(25,4)5)20(27)29-26-23(6,7)17-13-18-24(26,8)9/h19H,10-18H2,1-9H3. The van der Waals surface area contributed by atoms with E-state index in [0.29, 0.717) is 6.42 Å². The molecule has 2 heterocycles. The van der Waals surface area contributed by atoms with E-state index in [1.54, 1.807) is 0 Å². The maximum absolute atomic E-state index is 13.4. The molecule has 5 heteroatoms. The molecule has 29 heavy (non-hydrogen) atoms. The molecule has 0 N–H and O–H groups in total. The fourth-order valence-corrected chi connectivity index (χ4v) is 5.36. The molecular formula is C24H46N2O3. The molecule has 0 aromatic carbocycles. The van der Waals surface area contributed by atoms with Crippen LogP contribution in [0.4, 0.5) is 0 Å². The lowest BCUT2D eigenvalue weighted by Gasteiger charge is -2.53. The van der Waals surface area contributed by atoms with E-state index in [4.69, 9.17) is 9.68 Å². The number of piperidine rings is 2. The first kappa shape index (κ1) is 24.6. The van der Waals surface area contributed by atoms with E-state index in [0.717, 1.165) is 44.9 Å². The lowest BCUT2D eigenvalue weighted by Crippen LogP contribution is -2.61. The van der Waals surface area contributed by atoms with Gasteiger partial charge in [-0.05, 0) is 100 Å². The highest BCUT2D eigenvalue weighted by atomic mass is 16.8. The van der Waals surface area contributed by atoms with Crippen LogP contribution in [0.15, 0.2) is 0 Å². The van der Waals surface area contributed by atoms with Gasteiger partial charge in [0.15, 0.2) is 6.10 Å². The lowest BCUT2D eigenvalue weighted by molar-refractivity contribution is -0.319. The van der Waals surface area contributed by atoms with Crippen molar-refractivity contribution in [3.63, 3.8) is 0 Å². The molecule has 2 rings (SSSR count). The summed E-state index contributed by atoms with van der Waals surface area (Å²) in [7, 11) is 0. The van der Waals surface area contributed by atoms with Gasteiger partial charge in [-0.3, -0.25) is 4.84 Å². The Labute approximate surface area is 179 Å². The average molecular weight is 411 g/mol. The maximum atomic E-state index is 13.4. The first-order valence-electron chi connectivity index (χ1n) is 11.7. The third-order valence-corrected chi connectivity index (χ3v) is 6.85. The minimum atomic E-state index is -0.569. The average Bonchev–Trinajstić information content (AvgIpc) is 2.56. The quantitative estimate of drug-likeness (QED) is 0.513. The predicted octanol–water partition coefficient (Wildman–Crippen LogP) is 6.02. The molecule has 1 atom stereocenters. The van der Waals surface area contributed by atoms with Crippen LogP contribution in [0.1, 0.15) is 120 Å². The maximum Gasteiger partial charge on any atom is 0.356 e. The summed E-state index contributed by atoms with van der Waals surface area (Å²) < 4.78 is 0. The fourth-order valence-electron chi connectivity index (χ4n) is 5.36. The zero-order valence-corrected chi connectivity index (χ0v) is 20.6. The third-order valence-electron chi connectivity index (χ3n) is 6.85. The molecule has 2 fully saturated rings. The Morgan fingerprint density at radius 3 is 1.62 bits per heavy atom. The zero-order chi connectivity index (χ0) is 22.1. The molecule has 5 nitrogen and oxygen atoms in total. The normalized spacial score (nSPS) is 27.3. The van der Waals surface area contributed by atoms with Crippen LogP contribution in [-0.4, -0.2) is 44.4 Å². The van der Waals surface area contributed by atoms with Crippen LogP contribution < -0.4 is 0 Å². The van der Waals surface area contributed by atoms with Crippen LogP contribution in [0.25, 0.3) is 0 Å². The van der Waals surface area contributed by atoms with Gasteiger partial charge in [-0.25, -0.2) is 4.79 Å². The second-order valence-electron chi connectivity index (χ2n) is 11.7. The van der Waals surface area contributed by atoms with Crippen molar-refractivity contribution in [3.8, 4) is 0 Å². The number of nitrogens with zero attached hydrogens (tertiary/aromatic N) is 2. The number of unbranched alkanes of at least 4 members (excludes halogenated alkanes) is 1. The van der Waals surface area contributed by atoms with Crippen molar-refractivity contribution in [1.82, 2.24) is 10.1 Å². The molecule has 0 radical (unpaired) electrons. The van der Waals surface area contributed by atoms with E-state index in [1.807, 2.05) is 5.06 Å². The predicted molar refractivity (Wildman–Crippen MR) is 118 cm³/mol. The Bertz CT molecular complexity index is 536. The van der Waals surface area contributed by atoms with Gasteiger partial charge in [-0.1, -0.05) is 19.8 Å². The van der Waals surface area contributed by atoms with Crippen LogP contribution in [0, 0.1) is 0 Å². The van der Waals surface area contributed by atoms with Gasteiger partial charge < -0.3 is 4.84 Å². The fraction of sp³-hybridized carbons (Fsp3) is 0.958. The smallest absolute Gasteiger partial charge is 0.356 e. The van der Waals surface area contributed by atoms with Crippen molar-refractivity contribution < 1.29 is 14.5 Å². The van der Waals surface area contributed by atoms with Crippen LogP contribution in [0.2, 0.25) is 0 Å². The summed E-state index contributed by atoms with van der Waals surface area (Å²) in [5, 5.41) is 4.04. The minimum absolute atomic E-state index is 0.101. The number of carbonyl (C=O) groups excluding carboxylic acids is 1. The van der Waals surface area contributed by atoms with Crippen molar-refractivity contribution in [2.45, 2.75) is 148 Å². The van der Waals surface area contributed by atoms with Gasteiger partial charge >= 0.3 is 5.97 Å². The van der Waals surface area contributed by atoms with Crippen LogP contribution in [0.5, 0.6) is 0 Å². The van der Waals surface area contributed by atoms with Gasteiger partial charge in [0.2, 0.25) is 0 Å². The first-order chi connectivity index (χ1) is 13.2. The SMILES string of the molecule is CCCCC(ON1C(C)(C)CCCC1(C)C)C(=O)ON1C(C)(C)CCCC1(C)C. The number of carbonyl (C=O) groups is 1. The number of rotatable bonds is 7. The van der Waals surface area contributed by atoms with E-state index in [1.165, 1.54) is 6.42 Å². The van der Waals surface area contributed by atoms with Crippen LogP contribution >= 0.6 is 0 Å². The second-order valence-corrected chi connectivity index (χ2v) is 11.7. The number of hydrogen-bond donors (Lipinski definition) is 0. The number of hydroxylamine groups is 4. The molecule has 2 aliphatic rings. The zero-order valence-electron chi connectivity index (χ0n) is 20.6. The molecule has 1 unspecified atom stereocenters. The van der Waals surface area contributed by atoms with E-state index < -0.39 is 6.10 Å². The molecule has 0 bridgehead atoms. The summed E-state index contributed by atoms with van der Waals surface area (Å²) in [5.74, 6) is -0.251. The summed E-state index contributed by atoms with van der Waals surface area (Å²) in [5.41, 5.74) is -0.543. The van der Waals surface area contributed by atoms with Crippen molar-refractivity contribution in [2.75, 3.05) is 0 Å². The molecule has 0 spiro atoms. The first-order valence-corrected chi connectivity index (χ1v) is 11.7. The summed E-state index contributed by atoms with van der Waals surface area (Å²) in [4.78, 5) is 26.0. The molecule has 0 amide bonds. The minimum Gasteiger partial charge on any atom is -0.364 e. The summed E-state index contributed by atoms with van der Waals surface area (Å²) in [6.07, 6.45) is 8.61. The highest BCUT2D eigenvalue weighted by Gasteiger charge is 2.47. The molecule has 2 saturated heterocycles. The van der Waals surface area contributed by atoms with Gasteiger partial charge in [-0.2, -0.15) is 5.06 Å². The molecule has 0 saturated carbocycles. The summed E-state index contributed by atoms with van der Waals surface area (Å²) in [6.45, 7) is 19.7. The van der Waals surface area contributed by atoms with Crippen molar-refractivity contribution in [3.05, 3.63) is 0 Å². The molecule has 170 valence electrons. The Morgan fingerprint density at radius 1 is 0.793 bits per heavy atom. The van der Waals surface area contributed by atoms with Crippen LogP contribution in [0.3, 0.4) is 0 Å². The second kappa shape index (κ2) is 8.84. The topological polar surface area (TPSA) is 42.0 Å². The molecule has 0 aromatic rings. The monoisotopic (exact) mass is 410 g/mol. The van der Waals surface area contributed by atoms with Gasteiger partial charge in [0.25, 0.3) is 0 Å². The van der Waals surface area contributed by atoms with E-state index in [9.17, 15) is 4.79 Å². The van der Waals surface area contributed by atoms with E-state index >= 15 is 0 Å². The van der Waals surface area contributed by atoms with Gasteiger partial charge in [0, 0.05) is 11.1 Å². The van der Waals surface area contributed by atoms with Gasteiger partial charge in [0.05, 0.1) is 11.1 Å². The third kappa shape index (κ3) is 5.74. The van der Waals surface area contributed by atoms with Crippen molar-refractivity contribution in [1.29, 1.82) is 0 Å². The van der Waals surface area contributed by atoms with E-state index in [2.05, 4.69) is 67.4 Å². The Hall–Kier alpha value is -0.650. The Balaban J connectivity index is 2.21. The summed E-state index contributed by atoms with van der Waals surface area (Å²) in [6, 6.07) is 0. The van der Waals surface area contributed by atoms with Gasteiger partial charge in [0.1, 0.15) is 0 Å². The lowest BCUT2D eigenvalue weighted by atomic mass is 9.82. The molecule has 2 aliphatic heterocycles. The van der Waals surface area contributed by atoms with Crippen molar-refractivity contribution in [2.24, 2.45) is 0 Å². The highest BCUT2D eigenvalue weighted by molar-refractivity contribution is 5.74. The molecule has 0 aliphatic carbocycles. The van der Waals surface area contributed by atoms with Crippen LogP contribution in [-0.2, 0) is 14.5 Å². The van der Waals surface area contributed by atoms with E-state index in [-0.39, 0.29) is 28.1 Å². The largest absolute Gasteiger partial charge is 0.364 e. The molecular weight excluding hydrogens is 364 g/mol. The summed E-state index contributed by atoms with van der Waals surface area (Å²) >= 11 is 0. The number of hydrogen-bond acceptors (Lipinski definition) is 5.